The molecule has 0 aromatic heterocycles. The van der Waals surface area contributed by atoms with Gasteiger partial charge in [-0.1, -0.05) is 29.8 Å². The predicted molar refractivity (Wildman–Crippen MR) is 95.0 cm³/mol. The van der Waals surface area contributed by atoms with Crippen LogP contribution in [0.25, 0.3) is 0 Å². The lowest BCUT2D eigenvalue weighted by molar-refractivity contribution is -0.112. The summed E-state index contributed by atoms with van der Waals surface area (Å²) in [5.74, 6) is -1.72. The number of carbonyl (C=O) groups excluding carboxylic acids is 3. The molecule has 0 bridgehead atoms. The van der Waals surface area contributed by atoms with Gasteiger partial charge in [-0.2, -0.15) is 0 Å². The Balaban J connectivity index is 2.37. The van der Waals surface area contributed by atoms with Gasteiger partial charge in [0.1, 0.15) is 0 Å². The van der Waals surface area contributed by atoms with Gasteiger partial charge in [-0.15, -0.1) is 0 Å². The van der Waals surface area contributed by atoms with Crippen molar-refractivity contribution in [3.63, 3.8) is 0 Å². The average Bonchev–Trinajstić information content (AvgIpc) is 2.66. The smallest absolute Gasteiger partial charge is 0.340 e. The Morgan fingerprint density at radius 2 is 1.46 bits per heavy atom. The van der Waals surface area contributed by atoms with Gasteiger partial charge in [0.15, 0.2) is 11.5 Å². The van der Waals surface area contributed by atoms with Crippen molar-refractivity contribution in [2.24, 2.45) is 0 Å². The summed E-state index contributed by atoms with van der Waals surface area (Å²) in [5.41, 5.74) is 1.33. The molecule has 1 N–H and O–H groups in total. The summed E-state index contributed by atoms with van der Waals surface area (Å²) in [6, 6.07) is 9.36. The van der Waals surface area contributed by atoms with E-state index in [0.29, 0.717) is 5.75 Å². The zero-order valence-electron chi connectivity index (χ0n) is 14.9. The topological polar surface area (TPSA) is 90.9 Å². The maximum absolute atomic E-state index is 12.3. The quantitative estimate of drug-likeness (QED) is 0.485. The Kier molecular flexibility index (Phi) is 5.95. The van der Waals surface area contributed by atoms with Crippen molar-refractivity contribution in [1.29, 1.82) is 0 Å². The molecule has 0 fully saturated rings. The zero-order valence-corrected chi connectivity index (χ0v) is 14.9. The highest BCUT2D eigenvalue weighted by atomic mass is 16.5. The van der Waals surface area contributed by atoms with Crippen LogP contribution < -0.4 is 14.8 Å². The Bertz CT molecular complexity index is 842. The molecule has 0 aliphatic carbocycles. The largest absolute Gasteiger partial charge is 0.493 e. The number of methoxy groups -OCH3 is 3. The van der Waals surface area contributed by atoms with Gasteiger partial charge in [-0.25, -0.2) is 4.79 Å². The molecule has 26 heavy (non-hydrogen) atoms. The maximum Gasteiger partial charge on any atom is 0.340 e. The van der Waals surface area contributed by atoms with E-state index in [9.17, 15) is 14.4 Å². The van der Waals surface area contributed by atoms with Crippen molar-refractivity contribution in [2.45, 2.75) is 6.92 Å². The van der Waals surface area contributed by atoms with Crippen molar-refractivity contribution < 1.29 is 28.6 Å². The van der Waals surface area contributed by atoms with E-state index in [1.165, 1.54) is 33.5 Å². The highest BCUT2D eigenvalue weighted by molar-refractivity contribution is 6.46. The number of hydrogen-bond acceptors (Lipinski definition) is 6. The van der Waals surface area contributed by atoms with E-state index in [4.69, 9.17) is 14.2 Å². The Morgan fingerprint density at radius 3 is 2.00 bits per heavy atom. The van der Waals surface area contributed by atoms with Gasteiger partial charge < -0.3 is 19.5 Å². The lowest BCUT2D eigenvalue weighted by atomic mass is 10.1. The SMILES string of the molecule is COC(=O)c1cc(OC)c(OC)cc1NC(=O)C(=O)c1ccc(C)cc1. The third-order valence-electron chi connectivity index (χ3n) is 3.70. The summed E-state index contributed by atoms with van der Waals surface area (Å²) < 4.78 is 15.0. The third-order valence-corrected chi connectivity index (χ3v) is 3.70. The molecule has 2 rings (SSSR count). The fourth-order valence-electron chi connectivity index (χ4n) is 2.28. The van der Waals surface area contributed by atoms with Crippen molar-refractivity contribution in [3.8, 4) is 11.5 Å². The molecule has 0 aliphatic rings. The molecule has 0 aliphatic heterocycles. The summed E-state index contributed by atoms with van der Waals surface area (Å²) in [6.07, 6.45) is 0. The van der Waals surface area contributed by atoms with Gasteiger partial charge in [0.25, 0.3) is 11.7 Å². The van der Waals surface area contributed by atoms with Gasteiger partial charge in [-0.3, -0.25) is 9.59 Å². The van der Waals surface area contributed by atoms with Gasteiger partial charge in [-0.05, 0) is 6.92 Å². The number of benzene rings is 2. The molecule has 0 radical (unpaired) electrons. The van der Waals surface area contributed by atoms with E-state index in [1.54, 1.807) is 24.3 Å². The van der Waals surface area contributed by atoms with Crippen LogP contribution in [-0.2, 0) is 9.53 Å². The molecule has 0 heterocycles. The molecule has 0 atom stereocenters. The molecule has 0 spiro atoms. The summed E-state index contributed by atoms with van der Waals surface area (Å²) in [6.45, 7) is 1.88. The summed E-state index contributed by atoms with van der Waals surface area (Å²) >= 11 is 0. The number of nitrogens with one attached hydrogen (secondary N) is 1. The number of amides is 1. The minimum atomic E-state index is -0.883. The van der Waals surface area contributed by atoms with Crippen molar-refractivity contribution >= 4 is 23.3 Å². The van der Waals surface area contributed by atoms with Crippen molar-refractivity contribution in [3.05, 3.63) is 53.1 Å². The van der Waals surface area contributed by atoms with Crippen LogP contribution in [0.15, 0.2) is 36.4 Å². The summed E-state index contributed by atoms with van der Waals surface area (Å²) in [5, 5.41) is 2.44. The van der Waals surface area contributed by atoms with E-state index in [0.717, 1.165) is 5.56 Å². The number of ether oxygens (including phenoxy) is 3. The molecular weight excluding hydrogens is 338 g/mol. The predicted octanol–water partition coefficient (Wildman–Crippen LogP) is 2.62. The lowest BCUT2D eigenvalue weighted by Crippen LogP contribution is -2.24. The highest BCUT2D eigenvalue weighted by Gasteiger charge is 2.22. The molecule has 2 aromatic rings. The first-order valence-corrected chi connectivity index (χ1v) is 7.68. The average molecular weight is 357 g/mol. The van der Waals surface area contributed by atoms with E-state index in [-0.39, 0.29) is 22.6 Å². The molecule has 1 amide bonds. The van der Waals surface area contributed by atoms with Gasteiger partial charge in [0, 0.05) is 17.7 Å². The first-order chi connectivity index (χ1) is 12.4. The van der Waals surface area contributed by atoms with Crippen LogP contribution in [0.2, 0.25) is 0 Å². The van der Waals surface area contributed by atoms with Crippen LogP contribution >= 0.6 is 0 Å². The number of carbonyl (C=O) groups is 3. The molecule has 136 valence electrons. The molecule has 0 unspecified atom stereocenters. The van der Waals surface area contributed by atoms with Crippen molar-refractivity contribution in [2.75, 3.05) is 26.6 Å². The first-order valence-electron chi connectivity index (χ1n) is 7.68. The molecular formula is C19H19NO6. The molecule has 7 nitrogen and oxygen atoms in total. The van der Waals surface area contributed by atoms with E-state index < -0.39 is 17.7 Å². The fraction of sp³-hybridized carbons (Fsp3) is 0.211. The van der Waals surface area contributed by atoms with Crippen LogP contribution in [0.5, 0.6) is 11.5 Å². The maximum atomic E-state index is 12.3. The van der Waals surface area contributed by atoms with E-state index in [2.05, 4.69) is 5.32 Å². The zero-order chi connectivity index (χ0) is 19.3. The third kappa shape index (κ3) is 4.00. The minimum Gasteiger partial charge on any atom is -0.493 e. The van der Waals surface area contributed by atoms with Crippen LogP contribution in [-0.4, -0.2) is 39.0 Å². The summed E-state index contributed by atoms with van der Waals surface area (Å²) in [7, 11) is 4.04. The fourth-order valence-corrected chi connectivity index (χ4v) is 2.28. The number of ketones is 1. The first kappa shape index (κ1) is 19.0. The second-order valence-electron chi connectivity index (χ2n) is 5.39. The van der Waals surface area contributed by atoms with Crippen LogP contribution in [0, 0.1) is 6.92 Å². The number of hydrogen-bond donors (Lipinski definition) is 1. The lowest BCUT2D eigenvalue weighted by Gasteiger charge is -2.14. The minimum absolute atomic E-state index is 0.0372. The standard InChI is InChI=1S/C19H19NO6/c1-11-5-7-12(8-6-11)17(21)18(22)20-14-10-16(25-3)15(24-2)9-13(14)19(23)26-4/h5-10H,1-4H3,(H,20,22). The Labute approximate surface area is 150 Å². The number of anilines is 1. The Hall–Kier alpha value is -3.35. The number of aryl methyl sites for hydroxylation is 1. The number of Topliss-reactive ketones (excluding diaryl/α,β-unsaturated/α-hetero) is 1. The molecule has 0 saturated heterocycles. The monoisotopic (exact) mass is 357 g/mol. The van der Waals surface area contributed by atoms with Gasteiger partial charge in [0.2, 0.25) is 0 Å². The Morgan fingerprint density at radius 1 is 0.885 bits per heavy atom. The highest BCUT2D eigenvalue weighted by Crippen LogP contribution is 2.33. The van der Waals surface area contributed by atoms with Crippen molar-refractivity contribution in [1.82, 2.24) is 0 Å². The van der Waals surface area contributed by atoms with Gasteiger partial charge >= 0.3 is 5.97 Å². The van der Waals surface area contributed by atoms with E-state index in [1.807, 2.05) is 6.92 Å². The van der Waals surface area contributed by atoms with E-state index >= 15 is 0 Å². The second-order valence-corrected chi connectivity index (χ2v) is 5.39. The number of rotatable bonds is 6. The van der Waals surface area contributed by atoms with Crippen LogP contribution in [0.3, 0.4) is 0 Å². The van der Waals surface area contributed by atoms with Crippen LogP contribution in [0.1, 0.15) is 26.3 Å². The number of esters is 1. The van der Waals surface area contributed by atoms with Gasteiger partial charge in [0.05, 0.1) is 32.6 Å². The molecule has 2 aromatic carbocycles. The molecule has 0 saturated carbocycles. The normalized spacial score (nSPS) is 10.0. The van der Waals surface area contributed by atoms with Crippen LogP contribution in [0.4, 0.5) is 5.69 Å². The summed E-state index contributed by atoms with van der Waals surface area (Å²) in [4.78, 5) is 36.6. The molecule has 7 heteroatoms. The second kappa shape index (κ2) is 8.15.